The third kappa shape index (κ3) is 3.09. The van der Waals surface area contributed by atoms with Crippen LogP contribution in [0.5, 0.6) is 5.88 Å². The molecule has 4 atom stereocenters. The molecule has 5 heterocycles. The maximum absolute atomic E-state index is 12.5. The fraction of sp³-hybridized carbons (Fsp3) is 0.550. The van der Waals surface area contributed by atoms with Gasteiger partial charge >= 0.3 is 0 Å². The van der Waals surface area contributed by atoms with Gasteiger partial charge in [0.15, 0.2) is 0 Å². The molecule has 0 radical (unpaired) electrons. The second-order valence-electron chi connectivity index (χ2n) is 8.06. The van der Waals surface area contributed by atoms with E-state index in [9.17, 15) is 4.79 Å². The minimum absolute atomic E-state index is 0.141. The SMILES string of the molecule is COc1cc(N2C[C@@H]3[C@H](CNC(=O)c4cnc(C)nc4)[C@H]4CC[C@]3(C2)O4)ncn1. The third-order valence-corrected chi connectivity index (χ3v) is 6.49. The standard InChI is InChI=1S/C20H24N6O3/c1-12-21-6-13(7-22-12)19(27)23-8-14-15-9-26(10-20(15)4-3-16(14)29-20)17-5-18(28-2)25-11-24-17/h5-7,11,14-16H,3-4,8-10H2,1-2H3,(H,23,27)/t14-,15+,16+,20+/m0/s1. The molecule has 0 saturated carbocycles. The van der Waals surface area contributed by atoms with Gasteiger partial charge in [-0.2, -0.15) is 0 Å². The summed E-state index contributed by atoms with van der Waals surface area (Å²) in [6.45, 7) is 4.05. The largest absolute Gasteiger partial charge is 0.481 e. The van der Waals surface area contributed by atoms with Crippen molar-refractivity contribution in [2.75, 3.05) is 31.6 Å². The summed E-state index contributed by atoms with van der Waals surface area (Å²) in [5, 5.41) is 3.06. The van der Waals surface area contributed by atoms with Gasteiger partial charge in [0.05, 0.1) is 24.4 Å². The molecule has 29 heavy (non-hydrogen) atoms. The van der Waals surface area contributed by atoms with Crippen LogP contribution in [0.15, 0.2) is 24.8 Å². The van der Waals surface area contributed by atoms with Crippen molar-refractivity contribution in [1.82, 2.24) is 25.3 Å². The van der Waals surface area contributed by atoms with E-state index < -0.39 is 0 Å². The van der Waals surface area contributed by atoms with Gasteiger partial charge in [0.1, 0.15) is 18.0 Å². The minimum atomic E-state index is -0.148. The van der Waals surface area contributed by atoms with Crippen molar-refractivity contribution in [3.05, 3.63) is 36.2 Å². The van der Waals surface area contributed by atoms with E-state index in [1.165, 1.54) is 6.33 Å². The Morgan fingerprint density at radius 3 is 2.97 bits per heavy atom. The maximum Gasteiger partial charge on any atom is 0.254 e. The van der Waals surface area contributed by atoms with Gasteiger partial charge < -0.3 is 19.7 Å². The van der Waals surface area contributed by atoms with E-state index in [0.29, 0.717) is 29.7 Å². The Bertz CT molecular complexity index is 923. The molecule has 1 spiro atoms. The molecule has 3 aliphatic heterocycles. The predicted molar refractivity (Wildman–Crippen MR) is 104 cm³/mol. The van der Waals surface area contributed by atoms with Crippen LogP contribution in [0.3, 0.4) is 0 Å². The summed E-state index contributed by atoms with van der Waals surface area (Å²) >= 11 is 0. The summed E-state index contributed by atoms with van der Waals surface area (Å²) in [7, 11) is 1.60. The molecular weight excluding hydrogens is 372 g/mol. The molecule has 9 heteroatoms. The monoisotopic (exact) mass is 396 g/mol. The van der Waals surface area contributed by atoms with E-state index in [2.05, 4.69) is 30.2 Å². The molecule has 2 bridgehead atoms. The molecule has 0 aromatic carbocycles. The topological polar surface area (TPSA) is 102 Å². The van der Waals surface area contributed by atoms with E-state index >= 15 is 0 Å². The number of fused-ring (bicyclic) bond motifs is 1. The number of ether oxygens (including phenoxy) is 2. The first-order chi connectivity index (χ1) is 14.1. The quantitative estimate of drug-likeness (QED) is 0.799. The molecule has 3 aliphatic rings. The molecule has 9 nitrogen and oxygen atoms in total. The number of anilines is 1. The van der Waals surface area contributed by atoms with Crippen LogP contribution in [-0.4, -0.2) is 64.3 Å². The van der Waals surface area contributed by atoms with E-state index in [0.717, 1.165) is 31.7 Å². The molecule has 2 aromatic rings. The van der Waals surface area contributed by atoms with Gasteiger partial charge in [0, 0.05) is 49.9 Å². The number of methoxy groups -OCH3 is 1. The average molecular weight is 396 g/mol. The lowest BCUT2D eigenvalue weighted by Crippen LogP contribution is -2.41. The van der Waals surface area contributed by atoms with Gasteiger partial charge in [-0.3, -0.25) is 4.79 Å². The normalized spacial score (nSPS) is 29.7. The van der Waals surface area contributed by atoms with Crippen LogP contribution >= 0.6 is 0 Å². The zero-order valence-electron chi connectivity index (χ0n) is 16.5. The van der Waals surface area contributed by atoms with E-state index in [1.54, 1.807) is 26.4 Å². The van der Waals surface area contributed by atoms with E-state index in [4.69, 9.17) is 9.47 Å². The number of hydrogen-bond donors (Lipinski definition) is 1. The summed E-state index contributed by atoms with van der Waals surface area (Å²) in [5.41, 5.74) is 0.334. The molecule has 1 N–H and O–H groups in total. The van der Waals surface area contributed by atoms with Crippen LogP contribution in [0, 0.1) is 18.8 Å². The molecule has 3 fully saturated rings. The van der Waals surface area contributed by atoms with Crippen LogP contribution in [0.4, 0.5) is 5.82 Å². The van der Waals surface area contributed by atoms with Crippen LogP contribution in [-0.2, 0) is 4.74 Å². The van der Waals surface area contributed by atoms with Crippen molar-refractivity contribution in [3.63, 3.8) is 0 Å². The fourth-order valence-corrected chi connectivity index (χ4v) is 5.07. The summed E-state index contributed by atoms with van der Waals surface area (Å²) < 4.78 is 11.7. The highest BCUT2D eigenvalue weighted by atomic mass is 16.5. The van der Waals surface area contributed by atoms with Gasteiger partial charge in [-0.05, 0) is 19.8 Å². The maximum atomic E-state index is 12.5. The number of aryl methyl sites for hydroxylation is 1. The van der Waals surface area contributed by atoms with Gasteiger partial charge in [-0.15, -0.1) is 0 Å². The van der Waals surface area contributed by atoms with E-state index in [1.807, 2.05) is 6.07 Å². The number of nitrogens with one attached hydrogen (secondary N) is 1. The van der Waals surface area contributed by atoms with Crippen molar-refractivity contribution in [2.45, 2.75) is 31.5 Å². The number of amides is 1. The van der Waals surface area contributed by atoms with Crippen LogP contribution in [0.1, 0.15) is 29.0 Å². The molecule has 5 rings (SSSR count). The van der Waals surface area contributed by atoms with Crippen molar-refractivity contribution in [1.29, 1.82) is 0 Å². The van der Waals surface area contributed by atoms with Gasteiger partial charge in [-0.25, -0.2) is 19.9 Å². The summed E-state index contributed by atoms with van der Waals surface area (Å²) in [5.74, 6) is 2.56. The first-order valence-corrected chi connectivity index (χ1v) is 9.94. The molecule has 0 unspecified atom stereocenters. The van der Waals surface area contributed by atoms with Crippen LogP contribution in [0.25, 0.3) is 0 Å². The number of carbonyl (C=O) groups is 1. The summed E-state index contributed by atoms with van der Waals surface area (Å²) in [4.78, 5) is 31.5. The lowest BCUT2D eigenvalue weighted by atomic mass is 9.73. The Kier molecular flexibility index (Phi) is 4.34. The molecule has 1 amide bonds. The molecule has 3 saturated heterocycles. The Morgan fingerprint density at radius 2 is 2.17 bits per heavy atom. The van der Waals surface area contributed by atoms with Gasteiger partial charge in [0.25, 0.3) is 5.91 Å². The first kappa shape index (κ1) is 18.2. The zero-order chi connectivity index (χ0) is 20.0. The number of rotatable bonds is 5. The third-order valence-electron chi connectivity index (χ3n) is 6.49. The fourth-order valence-electron chi connectivity index (χ4n) is 5.07. The van der Waals surface area contributed by atoms with Crippen molar-refractivity contribution < 1.29 is 14.3 Å². The molecule has 0 aliphatic carbocycles. The van der Waals surface area contributed by atoms with Crippen molar-refractivity contribution in [3.8, 4) is 5.88 Å². The molecular formula is C20H24N6O3. The number of carbonyl (C=O) groups excluding carboxylic acids is 1. The molecule has 152 valence electrons. The highest BCUT2D eigenvalue weighted by Gasteiger charge is 2.63. The highest BCUT2D eigenvalue weighted by molar-refractivity contribution is 5.93. The lowest BCUT2D eigenvalue weighted by Gasteiger charge is -2.29. The van der Waals surface area contributed by atoms with E-state index in [-0.39, 0.29) is 23.5 Å². The second-order valence-corrected chi connectivity index (χ2v) is 8.06. The summed E-state index contributed by atoms with van der Waals surface area (Å²) in [6.07, 6.45) is 6.95. The Labute approximate surface area is 168 Å². The Balaban J connectivity index is 1.29. The Morgan fingerprint density at radius 1 is 1.34 bits per heavy atom. The highest BCUT2D eigenvalue weighted by Crippen LogP contribution is 2.55. The lowest BCUT2D eigenvalue weighted by molar-refractivity contribution is 0.0141. The average Bonchev–Trinajstić information content (AvgIpc) is 3.41. The predicted octanol–water partition coefficient (Wildman–Crippen LogP) is 0.997. The van der Waals surface area contributed by atoms with Crippen LogP contribution in [0.2, 0.25) is 0 Å². The minimum Gasteiger partial charge on any atom is -0.481 e. The first-order valence-electron chi connectivity index (χ1n) is 9.94. The zero-order valence-corrected chi connectivity index (χ0v) is 16.5. The van der Waals surface area contributed by atoms with Crippen molar-refractivity contribution in [2.24, 2.45) is 11.8 Å². The Hall–Kier alpha value is -2.81. The molecule has 2 aromatic heterocycles. The number of nitrogens with zero attached hydrogens (tertiary/aromatic N) is 5. The number of aromatic nitrogens is 4. The van der Waals surface area contributed by atoms with Crippen LogP contribution < -0.4 is 15.0 Å². The number of hydrogen-bond acceptors (Lipinski definition) is 8. The smallest absolute Gasteiger partial charge is 0.254 e. The van der Waals surface area contributed by atoms with Crippen molar-refractivity contribution >= 4 is 11.7 Å². The van der Waals surface area contributed by atoms with Gasteiger partial charge in [-0.1, -0.05) is 0 Å². The second kappa shape index (κ2) is 6.91. The summed E-state index contributed by atoms with van der Waals surface area (Å²) in [6, 6.07) is 1.86. The van der Waals surface area contributed by atoms with Gasteiger partial charge in [0.2, 0.25) is 5.88 Å².